The second-order valence-electron chi connectivity index (χ2n) is 4.73. The van der Waals surface area contributed by atoms with Gasteiger partial charge in [-0.05, 0) is 36.1 Å². The monoisotopic (exact) mass is 228 g/mol. The highest BCUT2D eigenvalue weighted by Gasteiger charge is 2.10. The van der Waals surface area contributed by atoms with Gasteiger partial charge in [-0.15, -0.1) is 0 Å². The third kappa shape index (κ3) is 2.84. The molecule has 0 aliphatic carbocycles. The van der Waals surface area contributed by atoms with Gasteiger partial charge < -0.3 is 11.5 Å². The van der Waals surface area contributed by atoms with Gasteiger partial charge in [0.05, 0.1) is 0 Å². The fourth-order valence-electron chi connectivity index (χ4n) is 2.17. The number of rotatable bonds is 4. The van der Waals surface area contributed by atoms with Gasteiger partial charge in [-0.25, -0.2) is 0 Å². The summed E-state index contributed by atoms with van der Waals surface area (Å²) in [4.78, 5) is 0. The fraction of sp³-hybridized carbons (Fsp3) is 0.333. The summed E-state index contributed by atoms with van der Waals surface area (Å²) >= 11 is 0. The maximum Gasteiger partial charge on any atom is 0.0301 e. The second-order valence-corrected chi connectivity index (χ2v) is 4.73. The van der Waals surface area contributed by atoms with Crippen LogP contribution in [0.5, 0.6) is 0 Å². The van der Waals surface area contributed by atoms with Crippen LogP contribution in [0.1, 0.15) is 31.4 Å². The van der Waals surface area contributed by atoms with Gasteiger partial charge in [-0.3, -0.25) is 0 Å². The van der Waals surface area contributed by atoms with Crippen molar-refractivity contribution in [2.24, 2.45) is 11.5 Å². The van der Waals surface area contributed by atoms with Crippen molar-refractivity contribution in [3.8, 4) is 0 Å². The number of benzene rings is 2. The van der Waals surface area contributed by atoms with E-state index in [1.165, 1.54) is 16.3 Å². The number of fused-ring (bicyclic) bond motifs is 1. The first-order chi connectivity index (χ1) is 8.18. The van der Waals surface area contributed by atoms with E-state index in [1.807, 2.05) is 6.92 Å². The molecule has 0 spiro atoms. The van der Waals surface area contributed by atoms with Crippen LogP contribution >= 0.6 is 0 Å². The van der Waals surface area contributed by atoms with Crippen LogP contribution in [0.15, 0.2) is 42.5 Å². The van der Waals surface area contributed by atoms with E-state index in [9.17, 15) is 0 Å². The zero-order valence-corrected chi connectivity index (χ0v) is 10.3. The Balaban J connectivity index is 2.28. The minimum absolute atomic E-state index is 0.0760. The van der Waals surface area contributed by atoms with E-state index in [1.54, 1.807) is 0 Å². The molecule has 2 heteroatoms. The van der Waals surface area contributed by atoms with Crippen LogP contribution in [0.25, 0.3) is 10.8 Å². The lowest BCUT2D eigenvalue weighted by atomic mass is 9.95. The summed E-state index contributed by atoms with van der Waals surface area (Å²) in [5.41, 5.74) is 13.3. The predicted octanol–water partition coefficient (Wildman–Crippen LogP) is 2.97. The predicted molar refractivity (Wildman–Crippen MR) is 73.8 cm³/mol. The molecule has 2 aromatic rings. The van der Waals surface area contributed by atoms with E-state index in [2.05, 4.69) is 42.5 Å². The molecule has 2 atom stereocenters. The maximum atomic E-state index is 6.25. The molecule has 90 valence electrons. The summed E-state index contributed by atoms with van der Waals surface area (Å²) in [5.74, 6) is 0. The third-order valence-electron chi connectivity index (χ3n) is 3.16. The fourth-order valence-corrected chi connectivity index (χ4v) is 2.17. The van der Waals surface area contributed by atoms with Crippen molar-refractivity contribution in [1.82, 2.24) is 0 Å². The summed E-state index contributed by atoms with van der Waals surface area (Å²) < 4.78 is 0. The van der Waals surface area contributed by atoms with Gasteiger partial charge in [0, 0.05) is 12.1 Å². The quantitative estimate of drug-likeness (QED) is 0.845. The van der Waals surface area contributed by atoms with Crippen LogP contribution < -0.4 is 11.5 Å². The normalized spacial score (nSPS) is 14.8. The molecule has 4 N–H and O–H groups in total. The zero-order valence-electron chi connectivity index (χ0n) is 10.3. The molecule has 0 bridgehead atoms. The highest BCUT2D eigenvalue weighted by atomic mass is 14.6. The Morgan fingerprint density at radius 1 is 0.941 bits per heavy atom. The Hall–Kier alpha value is -1.38. The molecule has 0 fully saturated rings. The van der Waals surface area contributed by atoms with Gasteiger partial charge >= 0.3 is 0 Å². The standard InChI is InChI=1S/C15H20N2/c1-11(16)9-10-15(17)14-8-4-6-12-5-2-3-7-13(12)14/h2-8,11,15H,9-10,16-17H2,1H3. The van der Waals surface area contributed by atoms with Crippen LogP contribution in [0, 0.1) is 0 Å². The summed E-state index contributed by atoms with van der Waals surface area (Å²) in [6, 6.07) is 15.0. The minimum atomic E-state index is 0.0760. The lowest BCUT2D eigenvalue weighted by molar-refractivity contribution is 0.557. The molecule has 2 unspecified atom stereocenters. The molecule has 0 saturated carbocycles. The summed E-state index contributed by atoms with van der Waals surface area (Å²) in [6.07, 6.45) is 1.90. The number of hydrogen-bond acceptors (Lipinski definition) is 2. The van der Waals surface area contributed by atoms with E-state index < -0.39 is 0 Å². The van der Waals surface area contributed by atoms with Crippen molar-refractivity contribution < 1.29 is 0 Å². The topological polar surface area (TPSA) is 52.0 Å². The van der Waals surface area contributed by atoms with Crippen molar-refractivity contribution in [2.45, 2.75) is 31.8 Å². The average Bonchev–Trinajstić information content (AvgIpc) is 2.35. The largest absolute Gasteiger partial charge is 0.328 e. The number of nitrogens with two attached hydrogens (primary N) is 2. The van der Waals surface area contributed by atoms with Crippen molar-refractivity contribution in [3.05, 3.63) is 48.0 Å². The van der Waals surface area contributed by atoms with Crippen molar-refractivity contribution in [2.75, 3.05) is 0 Å². The second kappa shape index (κ2) is 5.30. The van der Waals surface area contributed by atoms with E-state index in [-0.39, 0.29) is 12.1 Å². The van der Waals surface area contributed by atoms with Gasteiger partial charge in [0.1, 0.15) is 0 Å². The first-order valence-corrected chi connectivity index (χ1v) is 6.17. The Bertz CT molecular complexity index is 486. The SMILES string of the molecule is CC(N)CCC(N)c1cccc2ccccc12. The molecule has 2 rings (SSSR count). The molecular weight excluding hydrogens is 208 g/mol. The summed E-state index contributed by atoms with van der Waals surface area (Å²) in [7, 11) is 0. The molecule has 0 radical (unpaired) electrons. The zero-order chi connectivity index (χ0) is 12.3. The number of hydrogen-bond donors (Lipinski definition) is 2. The van der Waals surface area contributed by atoms with E-state index in [4.69, 9.17) is 11.5 Å². The first kappa shape index (κ1) is 12.1. The Kier molecular flexibility index (Phi) is 3.77. The third-order valence-corrected chi connectivity index (χ3v) is 3.16. The molecule has 0 aromatic heterocycles. The van der Waals surface area contributed by atoms with Gasteiger partial charge in [-0.2, -0.15) is 0 Å². The molecule has 0 heterocycles. The highest BCUT2D eigenvalue weighted by Crippen LogP contribution is 2.25. The lowest BCUT2D eigenvalue weighted by Gasteiger charge is -2.15. The molecule has 0 aliphatic rings. The van der Waals surface area contributed by atoms with Crippen molar-refractivity contribution >= 4 is 10.8 Å². The molecule has 2 aromatic carbocycles. The Morgan fingerprint density at radius 3 is 2.41 bits per heavy atom. The summed E-state index contributed by atoms with van der Waals surface area (Å²) in [5, 5.41) is 2.51. The molecule has 0 amide bonds. The van der Waals surface area contributed by atoms with Crippen LogP contribution in [-0.4, -0.2) is 6.04 Å². The highest BCUT2D eigenvalue weighted by molar-refractivity contribution is 5.86. The summed E-state index contributed by atoms with van der Waals surface area (Å²) in [6.45, 7) is 2.02. The van der Waals surface area contributed by atoms with Gasteiger partial charge in [-0.1, -0.05) is 42.5 Å². The molecular formula is C15H20N2. The Labute approximate surface area is 103 Å². The van der Waals surface area contributed by atoms with Crippen LogP contribution in [0.4, 0.5) is 0 Å². The van der Waals surface area contributed by atoms with Crippen molar-refractivity contribution in [3.63, 3.8) is 0 Å². The van der Waals surface area contributed by atoms with Crippen molar-refractivity contribution in [1.29, 1.82) is 0 Å². The van der Waals surface area contributed by atoms with E-state index >= 15 is 0 Å². The van der Waals surface area contributed by atoms with Gasteiger partial charge in [0.15, 0.2) is 0 Å². The first-order valence-electron chi connectivity index (χ1n) is 6.17. The van der Waals surface area contributed by atoms with E-state index in [0.717, 1.165) is 12.8 Å². The molecule has 2 nitrogen and oxygen atoms in total. The van der Waals surface area contributed by atoms with Gasteiger partial charge in [0.2, 0.25) is 0 Å². The van der Waals surface area contributed by atoms with Crippen LogP contribution in [0.2, 0.25) is 0 Å². The molecule has 0 aliphatic heterocycles. The maximum absolute atomic E-state index is 6.25. The smallest absolute Gasteiger partial charge is 0.0301 e. The van der Waals surface area contributed by atoms with Crippen LogP contribution in [-0.2, 0) is 0 Å². The van der Waals surface area contributed by atoms with Gasteiger partial charge in [0.25, 0.3) is 0 Å². The Morgan fingerprint density at radius 2 is 1.65 bits per heavy atom. The molecule has 17 heavy (non-hydrogen) atoms. The van der Waals surface area contributed by atoms with E-state index in [0.29, 0.717) is 0 Å². The van der Waals surface area contributed by atoms with Crippen LogP contribution in [0.3, 0.4) is 0 Å². The average molecular weight is 228 g/mol. The lowest BCUT2D eigenvalue weighted by Crippen LogP contribution is -2.19. The molecule has 0 saturated heterocycles. The minimum Gasteiger partial charge on any atom is -0.328 e.